The Kier molecular flexibility index (Phi) is 4.12. The number of rotatable bonds is 4. The molecule has 1 N–H and O–H groups in total. The first-order chi connectivity index (χ1) is 7.40. The highest BCUT2D eigenvalue weighted by Crippen LogP contribution is 2.13. The summed E-state index contributed by atoms with van der Waals surface area (Å²) in [6.45, 7) is 5.20. The van der Waals surface area contributed by atoms with Crippen molar-refractivity contribution in [3.63, 3.8) is 0 Å². The lowest BCUT2D eigenvalue weighted by Gasteiger charge is -2.23. The van der Waals surface area contributed by atoms with Crippen molar-refractivity contribution in [3.05, 3.63) is 35.4 Å². The molecule has 0 aromatic heterocycles. The summed E-state index contributed by atoms with van der Waals surface area (Å²) in [4.78, 5) is 0. The molecule has 0 spiro atoms. The maximum atomic E-state index is 9.50. The Hall–Kier alpha value is -1.30. The molecule has 0 saturated heterocycles. The van der Waals surface area contributed by atoms with Gasteiger partial charge in [0.15, 0.2) is 5.79 Å². The molecule has 0 amide bonds. The summed E-state index contributed by atoms with van der Waals surface area (Å²) in [6, 6.07) is 7.79. The third-order valence-corrected chi connectivity index (χ3v) is 2.13. The molecule has 0 heterocycles. The van der Waals surface area contributed by atoms with Crippen LogP contribution in [0.2, 0.25) is 0 Å². The summed E-state index contributed by atoms with van der Waals surface area (Å²) in [6.07, 6.45) is 6.00. The van der Waals surface area contributed by atoms with Crippen molar-refractivity contribution in [1.82, 2.24) is 0 Å². The second-order valence-corrected chi connectivity index (χ2v) is 4.42. The molecule has 0 bridgehead atoms. The second kappa shape index (κ2) is 5.16. The molecule has 1 aromatic rings. The average molecular weight is 218 g/mol. The molecule has 1 rings (SSSR count). The second-order valence-electron chi connectivity index (χ2n) is 4.42. The van der Waals surface area contributed by atoms with Gasteiger partial charge in [-0.15, -0.1) is 6.42 Å². The highest BCUT2D eigenvalue weighted by atomic mass is 16.6. The number of aliphatic hydroxyl groups is 1. The van der Waals surface area contributed by atoms with Crippen molar-refractivity contribution in [3.8, 4) is 12.3 Å². The summed E-state index contributed by atoms with van der Waals surface area (Å²) in [7, 11) is 0. The summed E-state index contributed by atoms with van der Waals surface area (Å²) in [5, 5.41) is 9.50. The van der Waals surface area contributed by atoms with Crippen molar-refractivity contribution in [2.24, 2.45) is 0 Å². The number of benzene rings is 1. The zero-order valence-electron chi connectivity index (χ0n) is 10.0. The standard InChI is InChI=1S/C14H18O2/c1-5-12-6-8-13(9-7-12)10-11(2)16-14(3,4)15/h1,6-9,11,15H,10H2,2-4H3. The van der Waals surface area contributed by atoms with Crippen LogP contribution in [0.1, 0.15) is 31.9 Å². The predicted octanol–water partition coefficient (Wildman–Crippen LogP) is 2.34. The van der Waals surface area contributed by atoms with E-state index in [1.807, 2.05) is 31.2 Å². The molecule has 0 fully saturated rings. The normalized spacial score (nSPS) is 13.2. The Morgan fingerprint density at radius 1 is 1.38 bits per heavy atom. The number of hydrogen-bond acceptors (Lipinski definition) is 2. The minimum atomic E-state index is -1.09. The Bertz CT molecular complexity index is 365. The number of ether oxygens (including phenoxy) is 1. The van der Waals surface area contributed by atoms with E-state index in [1.165, 1.54) is 0 Å². The summed E-state index contributed by atoms with van der Waals surface area (Å²) >= 11 is 0. The summed E-state index contributed by atoms with van der Waals surface area (Å²) in [5.41, 5.74) is 2.02. The van der Waals surface area contributed by atoms with Crippen LogP contribution in [0.5, 0.6) is 0 Å². The maximum absolute atomic E-state index is 9.50. The van der Waals surface area contributed by atoms with Crippen LogP contribution < -0.4 is 0 Å². The van der Waals surface area contributed by atoms with E-state index in [-0.39, 0.29) is 6.10 Å². The van der Waals surface area contributed by atoms with E-state index in [1.54, 1.807) is 13.8 Å². The highest BCUT2D eigenvalue weighted by Gasteiger charge is 2.17. The minimum absolute atomic E-state index is 0.0308. The van der Waals surface area contributed by atoms with Gasteiger partial charge in [0.1, 0.15) is 0 Å². The molecule has 0 saturated carbocycles. The zero-order valence-corrected chi connectivity index (χ0v) is 10.0. The first-order valence-electron chi connectivity index (χ1n) is 5.36. The molecule has 1 unspecified atom stereocenters. The fourth-order valence-corrected chi connectivity index (χ4v) is 1.60. The van der Waals surface area contributed by atoms with E-state index in [9.17, 15) is 5.11 Å². The summed E-state index contributed by atoms with van der Waals surface area (Å²) < 4.78 is 5.41. The smallest absolute Gasteiger partial charge is 0.160 e. The van der Waals surface area contributed by atoms with E-state index < -0.39 is 5.79 Å². The molecule has 0 aliphatic carbocycles. The minimum Gasteiger partial charge on any atom is -0.366 e. The van der Waals surface area contributed by atoms with E-state index in [0.29, 0.717) is 0 Å². The van der Waals surface area contributed by atoms with Crippen molar-refractivity contribution >= 4 is 0 Å². The first-order valence-corrected chi connectivity index (χ1v) is 5.36. The third-order valence-electron chi connectivity index (χ3n) is 2.13. The van der Waals surface area contributed by atoms with E-state index >= 15 is 0 Å². The van der Waals surface area contributed by atoms with Crippen LogP contribution in [0.3, 0.4) is 0 Å². The number of terminal acetylenes is 1. The van der Waals surface area contributed by atoms with Gasteiger partial charge in [0, 0.05) is 5.56 Å². The van der Waals surface area contributed by atoms with Gasteiger partial charge in [-0.3, -0.25) is 0 Å². The van der Waals surface area contributed by atoms with Crippen LogP contribution >= 0.6 is 0 Å². The predicted molar refractivity (Wildman–Crippen MR) is 64.9 cm³/mol. The molecule has 1 atom stereocenters. The average Bonchev–Trinajstić information content (AvgIpc) is 2.16. The Morgan fingerprint density at radius 2 is 1.94 bits per heavy atom. The third kappa shape index (κ3) is 4.48. The molecule has 16 heavy (non-hydrogen) atoms. The SMILES string of the molecule is C#Cc1ccc(CC(C)OC(C)(C)O)cc1. The first kappa shape index (κ1) is 12.8. The lowest BCUT2D eigenvalue weighted by molar-refractivity contribution is -0.200. The van der Waals surface area contributed by atoms with Gasteiger partial charge in [-0.1, -0.05) is 18.1 Å². The Labute approximate surface area is 97.3 Å². The van der Waals surface area contributed by atoms with Crippen LogP contribution in [0, 0.1) is 12.3 Å². The molecule has 0 aliphatic rings. The van der Waals surface area contributed by atoms with Gasteiger partial charge in [0.05, 0.1) is 6.10 Å². The fourth-order valence-electron chi connectivity index (χ4n) is 1.60. The molecule has 1 aromatic carbocycles. The van der Waals surface area contributed by atoms with Gasteiger partial charge >= 0.3 is 0 Å². The molecule has 0 radical (unpaired) electrons. The van der Waals surface area contributed by atoms with Crippen LogP contribution in [0.25, 0.3) is 0 Å². The molecule has 0 aliphatic heterocycles. The molecule has 86 valence electrons. The lowest BCUT2D eigenvalue weighted by Crippen LogP contribution is -2.29. The molecule has 2 heteroatoms. The van der Waals surface area contributed by atoms with Crippen molar-refractivity contribution in [2.45, 2.75) is 39.1 Å². The summed E-state index contributed by atoms with van der Waals surface area (Å²) in [5.74, 6) is 1.49. The monoisotopic (exact) mass is 218 g/mol. The van der Waals surface area contributed by atoms with Gasteiger partial charge in [0.25, 0.3) is 0 Å². The Balaban J connectivity index is 2.57. The van der Waals surface area contributed by atoms with Crippen LogP contribution in [-0.2, 0) is 11.2 Å². The highest BCUT2D eigenvalue weighted by molar-refractivity contribution is 5.34. The molecular formula is C14H18O2. The van der Waals surface area contributed by atoms with E-state index in [0.717, 1.165) is 17.5 Å². The van der Waals surface area contributed by atoms with Gasteiger partial charge in [0.2, 0.25) is 0 Å². The van der Waals surface area contributed by atoms with E-state index in [4.69, 9.17) is 11.2 Å². The fraction of sp³-hybridized carbons (Fsp3) is 0.429. The van der Waals surface area contributed by atoms with Crippen molar-refractivity contribution in [2.75, 3.05) is 0 Å². The van der Waals surface area contributed by atoms with Crippen molar-refractivity contribution in [1.29, 1.82) is 0 Å². The van der Waals surface area contributed by atoms with Gasteiger partial charge < -0.3 is 9.84 Å². The molecule has 2 nitrogen and oxygen atoms in total. The van der Waals surface area contributed by atoms with Gasteiger partial charge in [-0.2, -0.15) is 0 Å². The zero-order chi connectivity index (χ0) is 12.2. The van der Waals surface area contributed by atoms with Gasteiger partial charge in [-0.05, 0) is 44.9 Å². The Morgan fingerprint density at radius 3 is 2.38 bits per heavy atom. The largest absolute Gasteiger partial charge is 0.366 e. The van der Waals surface area contributed by atoms with Crippen LogP contribution in [-0.4, -0.2) is 17.0 Å². The number of hydrogen-bond donors (Lipinski definition) is 1. The van der Waals surface area contributed by atoms with Gasteiger partial charge in [-0.25, -0.2) is 0 Å². The lowest BCUT2D eigenvalue weighted by atomic mass is 10.1. The maximum Gasteiger partial charge on any atom is 0.160 e. The van der Waals surface area contributed by atoms with Crippen molar-refractivity contribution < 1.29 is 9.84 Å². The van der Waals surface area contributed by atoms with Crippen LogP contribution in [0.15, 0.2) is 24.3 Å². The molecular weight excluding hydrogens is 200 g/mol. The van der Waals surface area contributed by atoms with Crippen LogP contribution in [0.4, 0.5) is 0 Å². The quantitative estimate of drug-likeness (QED) is 0.621. The van der Waals surface area contributed by atoms with E-state index in [2.05, 4.69) is 5.92 Å². The topological polar surface area (TPSA) is 29.5 Å².